The van der Waals surface area contributed by atoms with Crippen LogP contribution in [-0.4, -0.2) is 36.2 Å². The molecule has 0 spiro atoms. The Bertz CT molecular complexity index is 980. The van der Waals surface area contributed by atoms with Crippen molar-refractivity contribution >= 4 is 24.4 Å². The van der Waals surface area contributed by atoms with Crippen molar-refractivity contribution in [1.29, 1.82) is 0 Å². The number of halogens is 2. The van der Waals surface area contributed by atoms with E-state index in [1.807, 2.05) is 39.8 Å². The first-order chi connectivity index (χ1) is 14.4. The molecule has 1 aliphatic heterocycles. The van der Waals surface area contributed by atoms with Crippen LogP contribution < -0.4 is 16.5 Å². The van der Waals surface area contributed by atoms with Gasteiger partial charge >= 0.3 is 7.12 Å². The highest BCUT2D eigenvalue weighted by atomic mass is 19.2. The average Bonchev–Trinajstić information content (AvgIpc) is 2.91. The molecule has 0 unspecified atom stereocenters. The Labute approximate surface area is 180 Å². The third kappa shape index (κ3) is 4.94. The van der Waals surface area contributed by atoms with Crippen molar-refractivity contribution in [3.63, 3.8) is 0 Å². The van der Waals surface area contributed by atoms with Crippen molar-refractivity contribution in [2.24, 2.45) is 5.73 Å². The standard InChI is InChI=1S/C22H25BF2N2O4/c1-21(2)22(3,4)31-23(30-21)15-8-5-13(6-9-15)11-18(19(26)28)27-20(29)14-7-10-16(24)17(25)12-14/h5-10,12,18H,11H2,1-4H3,(H2,26,28)(H,27,29)/t18-/m0/s1. The Balaban J connectivity index is 1.68. The fourth-order valence-electron chi connectivity index (χ4n) is 3.13. The van der Waals surface area contributed by atoms with Crippen molar-refractivity contribution < 1.29 is 27.7 Å². The summed E-state index contributed by atoms with van der Waals surface area (Å²) < 4.78 is 38.5. The van der Waals surface area contributed by atoms with Gasteiger partial charge in [0, 0.05) is 12.0 Å². The summed E-state index contributed by atoms with van der Waals surface area (Å²) in [5.74, 6) is -3.69. The number of amides is 2. The molecule has 1 fully saturated rings. The summed E-state index contributed by atoms with van der Waals surface area (Å²) in [5, 5.41) is 2.47. The summed E-state index contributed by atoms with van der Waals surface area (Å²) in [6.45, 7) is 7.87. The van der Waals surface area contributed by atoms with Crippen molar-refractivity contribution in [3.05, 3.63) is 65.2 Å². The zero-order chi connectivity index (χ0) is 23.0. The molecule has 1 saturated heterocycles. The average molecular weight is 430 g/mol. The van der Waals surface area contributed by atoms with E-state index in [0.29, 0.717) is 0 Å². The molecule has 2 aromatic carbocycles. The topological polar surface area (TPSA) is 90.6 Å². The number of rotatable bonds is 6. The SMILES string of the molecule is CC1(C)OB(c2ccc(C[C@H](NC(=O)c3ccc(F)c(F)c3)C(N)=O)cc2)OC1(C)C. The van der Waals surface area contributed by atoms with E-state index in [4.69, 9.17) is 15.0 Å². The molecule has 1 aliphatic rings. The molecule has 0 bridgehead atoms. The Morgan fingerprint density at radius 3 is 2.10 bits per heavy atom. The smallest absolute Gasteiger partial charge is 0.399 e. The zero-order valence-electron chi connectivity index (χ0n) is 17.9. The summed E-state index contributed by atoms with van der Waals surface area (Å²) >= 11 is 0. The highest BCUT2D eigenvalue weighted by Gasteiger charge is 2.51. The van der Waals surface area contributed by atoms with Gasteiger partial charge < -0.3 is 20.4 Å². The zero-order valence-corrected chi connectivity index (χ0v) is 17.9. The van der Waals surface area contributed by atoms with E-state index < -0.39 is 47.8 Å². The largest absolute Gasteiger partial charge is 0.494 e. The molecule has 1 heterocycles. The van der Waals surface area contributed by atoms with Gasteiger partial charge in [-0.05, 0) is 56.9 Å². The second-order valence-corrected chi connectivity index (χ2v) is 8.59. The van der Waals surface area contributed by atoms with Crippen LogP contribution in [0.3, 0.4) is 0 Å². The molecule has 1 atom stereocenters. The van der Waals surface area contributed by atoms with Crippen molar-refractivity contribution in [2.45, 2.75) is 51.4 Å². The van der Waals surface area contributed by atoms with Gasteiger partial charge in [0.25, 0.3) is 5.91 Å². The third-order valence-electron chi connectivity index (χ3n) is 5.78. The predicted octanol–water partition coefficient (Wildman–Crippen LogP) is 2.09. The molecule has 3 N–H and O–H groups in total. The Morgan fingerprint density at radius 2 is 1.58 bits per heavy atom. The van der Waals surface area contributed by atoms with Crippen LogP contribution in [0.1, 0.15) is 43.6 Å². The number of carbonyl (C=O) groups excluding carboxylic acids is 2. The summed E-state index contributed by atoms with van der Waals surface area (Å²) in [6, 6.07) is 8.95. The van der Waals surface area contributed by atoms with Crippen LogP contribution in [0.5, 0.6) is 0 Å². The molecule has 0 aliphatic carbocycles. The number of nitrogens with two attached hydrogens (primary N) is 1. The minimum absolute atomic E-state index is 0.110. The Hall–Kier alpha value is -2.78. The Kier molecular flexibility index (Phi) is 6.20. The van der Waals surface area contributed by atoms with Gasteiger partial charge in [-0.15, -0.1) is 0 Å². The monoisotopic (exact) mass is 430 g/mol. The molecule has 9 heteroatoms. The lowest BCUT2D eigenvalue weighted by Gasteiger charge is -2.32. The second kappa shape index (κ2) is 8.40. The fraction of sp³-hybridized carbons (Fsp3) is 0.364. The molecule has 3 rings (SSSR count). The molecule has 0 radical (unpaired) electrons. The molecule has 0 aromatic heterocycles. The maximum Gasteiger partial charge on any atom is 0.494 e. The normalized spacial score (nSPS) is 17.9. The molecule has 164 valence electrons. The van der Waals surface area contributed by atoms with Crippen LogP contribution in [0.25, 0.3) is 0 Å². The lowest BCUT2D eigenvalue weighted by atomic mass is 9.78. The maximum atomic E-state index is 13.4. The maximum absolute atomic E-state index is 13.4. The van der Waals surface area contributed by atoms with Gasteiger partial charge in [0.1, 0.15) is 6.04 Å². The first-order valence-electron chi connectivity index (χ1n) is 9.89. The highest BCUT2D eigenvalue weighted by molar-refractivity contribution is 6.62. The second-order valence-electron chi connectivity index (χ2n) is 8.59. The van der Waals surface area contributed by atoms with Gasteiger partial charge in [0.15, 0.2) is 11.6 Å². The van der Waals surface area contributed by atoms with Crippen LogP contribution in [0.2, 0.25) is 0 Å². The third-order valence-corrected chi connectivity index (χ3v) is 5.78. The first kappa shape index (κ1) is 22.9. The van der Waals surface area contributed by atoms with Gasteiger partial charge in [0.2, 0.25) is 5.91 Å². The van der Waals surface area contributed by atoms with E-state index in [0.717, 1.165) is 29.2 Å². The van der Waals surface area contributed by atoms with E-state index in [2.05, 4.69) is 5.32 Å². The number of nitrogens with one attached hydrogen (secondary N) is 1. The minimum atomic E-state index is -1.15. The number of primary amides is 1. The molecule has 6 nitrogen and oxygen atoms in total. The van der Waals surface area contributed by atoms with E-state index in [-0.39, 0.29) is 12.0 Å². The summed E-state index contributed by atoms with van der Waals surface area (Å²) in [6.07, 6.45) is 0.133. The summed E-state index contributed by atoms with van der Waals surface area (Å²) in [5.41, 5.74) is 5.96. The predicted molar refractivity (Wildman–Crippen MR) is 113 cm³/mol. The number of benzene rings is 2. The van der Waals surface area contributed by atoms with E-state index in [9.17, 15) is 18.4 Å². The van der Waals surface area contributed by atoms with E-state index in [1.165, 1.54) is 0 Å². The van der Waals surface area contributed by atoms with Crippen LogP contribution in [0.4, 0.5) is 8.78 Å². The number of hydrogen-bond acceptors (Lipinski definition) is 4. The van der Waals surface area contributed by atoms with E-state index in [1.54, 1.807) is 12.1 Å². The van der Waals surface area contributed by atoms with Crippen molar-refractivity contribution in [1.82, 2.24) is 5.32 Å². The lowest BCUT2D eigenvalue weighted by Crippen LogP contribution is -2.46. The van der Waals surface area contributed by atoms with Gasteiger partial charge in [0.05, 0.1) is 11.2 Å². The molecule has 2 amide bonds. The summed E-state index contributed by atoms with van der Waals surface area (Å²) in [7, 11) is -0.515. The molecular weight excluding hydrogens is 405 g/mol. The molecule has 31 heavy (non-hydrogen) atoms. The van der Waals surface area contributed by atoms with Crippen LogP contribution >= 0.6 is 0 Å². The molecule has 0 saturated carbocycles. The van der Waals surface area contributed by atoms with Crippen LogP contribution in [-0.2, 0) is 20.5 Å². The van der Waals surface area contributed by atoms with Crippen LogP contribution in [0.15, 0.2) is 42.5 Å². The number of carbonyl (C=O) groups is 2. The van der Waals surface area contributed by atoms with Crippen molar-refractivity contribution in [2.75, 3.05) is 0 Å². The van der Waals surface area contributed by atoms with E-state index >= 15 is 0 Å². The molecular formula is C22H25BF2N2O4. The lowest BCUT2D eigenvalue weighted by molar-refractivity contribution is -0.119. The van der Waals surface area contributed by atoms with Gasteiger partial charge in [-0.3, -0.25) is 9.59 Å². The highest BCUT2D eigenvalue weighted by Crippen LogP contribution is 2.36. The van der Waals surface area contributed by atoms with Crippen LogP contribution in [0, 0.1) is 11.6 Å². The first-order valence-corrected chi connectivity index (χ1v) is 9.89. The molecule has 2 aromatic rings. The van der Waals surface area contributed by atoms with Crippen molar-refractivity contribution in [3.8, 4) is 0 Å². The van der Waals surface area contributed by atoms with Gasteiger partial charge in [-0.1, -0.05) is 24.3 Å². The van der Waals surface area contributed by atoms with Gasteiger partial charge in [-0.2, -0.15) is 0 Å². The quantitative estimate of drug-likeness (QED) is 0.687. The number of hydrogen-bond donors (Lipinski definition) is 2. The Morgan fingerprint density at radius 1 is 1.00 bits per heavy atom. The summed E-state index contributed by atoms with van der Waals surface area (Å²) in [4.78, 5) is 24.2. The minimum Gasteiger partial charge on any atom is -0.399 e. The fourth-order valence-corrected chi connectivity index (χ4v) is 3.13. The van der Waals surface area contributed by atoms with Gasteiger partial charge in [-0.25, -0.2) is 8.78 Å².